The van der Waals surface area contributed by atoms with Crippen molar-refractivity contribution in [2.24, 2.45) is 10.2 Å². The second-order valence-corrected chi connectivity index (χ2v) is 9.19. The number of benzene rings is 2. The van der Waals surface area contributed by atoms with Crippen molar-refractivity contribution in [2.75, 3.05) is 5.32 Å². The van der Waals surface area contributed by atoms with Crippen LogP contribution in [-0.2, 0) is 12.8 Å². The van der Waals surface area contributed by atoms with Crippen LogP contribution in [0.2, 0.25) is 0 Å². The molecular weight excluding hydrogens is 513 g/mol. The molecule has 0 unspecified atom stereocenters. The quantitative estimate of drug-likeness (QED) is 0.263. The minimum absolute atomic E-state index is 0.284. The number of nitrogens with one attached hydrogen (secondary N) is 1. The fraction of sp³-hybridized carbons (Fsp3) is 0.214. The van der Waals surface area contributed by atoms with Gasteiger partial charge in [-0.2, -0.15) is 5.11 Å². The summed E-state index contributed by atoms with van der Waals surface area (Å²) in [6.45, 7) is 2.08. The Morgan fingerprint density at radius 3 is 2.68 bits per heavy atom. The molecule has 0 amide bonds. The molecule has 6 nitrogen and oxygen atoms in total. The highest BCUT2D eigenvalue weighted by Gasteiger charge is 2.31. The lowest BCUT2D eigenvalue weighted by atomic mass is 9.82. The Hall–Kier alpha value is -4.05. The molecule has 194 valence electrons. The molecule has 1 N–H and O–H groups in total. The monoisotopic (exact) mass is 536 g/mol. The van der Waals surface area contributed by atoms with E-state index in [2.05, 4.69) is 32.4 Å². The van der Waals surface area contributed by atoms with Crippen molar-refractivity contribution in [1.29, 1.82) is 0 Å². The maximum atomic E-state index is 12.4. The van der Waals surface area contributed by atoms with Crippen LogP contribution in [-0.4, -0.2) is 16.6 Å². The van der Waals surface area contributed by atoms with Crippen LogP contribution in [0.25, 0.3) is 16.9 Å². The highest BCUT2D eigenvalue weighted by atomic mass is 32.1. The number of nitrogens with zero attached hydrogens (tertiary/aromatic N) is 3. The summed E-state index contributed by atoms with van der Waals surface area (Å²) in [7, 11) is 0. The van der Waals surface area contributed by atoms with Gasteiger partial charge < -0.3 is 14.6 Å². The molecule has 38 heavy (non-hydrogen) atoms. The second kappa shape index (κ2) is 10.7. The highest BCUT2D eigenvalue weighted by Crippen LogP contribution is 2.42. The van der Waals surface area contributed by atoms with Gasteiger partial charge in [0, 0.05) is 22.4 Å². The van der Waals surface area contributed by atoms with Gasteiger partial charge in [0.15, 0.2) is 5.76 Å². The number of alkyl halides is 3. The lowest BCUT2D eigenvalue weighted by Crippen LogP contribution is -2.16. The van der Waals surface area contributed by atoms with Crippen LogP contribution in [0.15, 0.2) is 92.8 Å². The Bertz CT molecular complexity index is 1480. The minimum atomic E-state index is -4.73. The summed E-state index contributed by atoms with van der Waals surface area (Å²) in [5.74, 6) is 0.271. The van der Waals surface area contributed by atoms with Crippen LogP contribution in [0, 0.1) is 0 Å². The van der Waals surface area contributed by atoms with Crippen LogP contribution in [0.1, 0.15) is 36.6 Å². The lowest BCUT2D eigenvalue weighted by Gasteiger charge is -2.21. The standard InChI is InChI=1S/C28H23F3N4O2S/c1-2-18-5-3-4-6-24(18)33-27(38)34-32-16-17-7-13-22-20(15-17)10-14-23-25(22)35-37-26(23)19-8-11-21(12-9-19)36-28(29,30)31/h3-9,11-13,16H,2,10,14-15H2,1H3,(H,33,38)/b17-16+,34-32+. The van der Waals surface area contributed by atoms with Gasteiger partial charge in [0.05, 0.1) is 6.20 Å². The van der Waals surface area contributed by atoms with Crippen LogP contribution in [0.3, 0.4) is 0 Å². The summed E-state index contributed by atoms with van der Waals surface area (Å²) in [5.41, 5.74) is 7.63. The molecule has 0 fully saturated rings. The van der Waals surface area contributed by atoms with Gasteiger partial charge in [0.25, 0.3) is 0 Å². The summed E-state index contributed by atoms with van der Waals surface area (Å²) in [6.07, 6.45) is 4.02. The molecule has 3 aromatic rings. The van der Waals surface area contributed by atoms with E-state index in [0.717, 1.165) is 46.5 Å². The van der Waals surface area contributed by atoms with Crippen molar-refractivity contribution in [3.63, 3.8) is 0 Å². The normalized spacial score (nSPS) is 16.1. The van der Waals surface area contributed by atoms with E-state index in [0.29, 0.717) is 24.2 Å². The molecule has 0 bridgehead atoms. The summed E-state index contributed by atoms with van der Waals surface area (Å²) in [4.78, 5) is 0. The predicted octanol–water partition coefficient (Wildman–Crippen LogP) is 8.20. The van der Waals surface area contributed by atoms with E-state index in [1.54, 1.807) is 6.20 Å². The molecule has 0 aliphatic heterocycles. The van der Waals surface area contributed by atoms with E-state index >= 15 is 0 Å². The van der Waals surface area contributed by atoms with Gasteiger partial charge in [-0.3, -0.25) is 0 Å². The summed E-state index contributed by atoms with van der Waals surface area (Å²) in [5, 5.41) is 16.0. The van der Waals surface area contributed by atoms with Crippen molar-refractivity contribution >= 4 is 28.6 Å². The second-order valence-electron chi connectivity index (χ2n) is 8.80. The number of para-hydroxylation sites is 1. The molecule has 1 aromatic heterocycles. The fourth-order valence-electron chi connectivity index (χ4n) is 4.58. The van der Waals surface area contributed by atoms with Crippen LogP contribution >= 0.6 is 12.2 Å². The number of fused-ring (bicyclic) bond motifs is 2. The van der Waals surface area contributed by atoms with E-state index in [1.807, 2.05) is 36.4 Å². The van der Waals surface area contributed by atoms with Gasteiger partial charge in [-0.05, 0) is 79.4 Å². The molecule has 10 heteroatoms. The van der Waals surface area contributed by atoms with Crippen LogP contribution in [0.5, 0.6) is 5.75 Å². The third-order valence-corrected chi connectivity index (χ3v) is 6.53. The van der Waals surface area contributed by atoms with Gasteiger partial charge in [-0.15, -0.1) is 18.3 Å². The molecule has 0 saturated heterocycles. The topological polar surface area (TPSA) is 72.0 Å². The molecule has 5 rings (SSSR count). The summed E-state index contributed by atoms with van der Waals surface area (Å²) in [6, 6.07) is 13.5. The molecular formula is C28H23F3N4O2S. The van der Waals surface area contributed by atoms with Gasteiger partial charge in [-0.1, -0.05) is 48.0 Å². The first-order chi connectivity index (χ1) is 18.3. The molecule has 0 saturated carbocycles. The Labute approximate surface area is 222 Å². The Balaban J connectivity index is 1.26. The Morgan fingerprint density at radius 1 is 1.13 bits per heavy atom. The Kier molecular flexibility index (Phi) is 7.24. The molecule has 2 aromatic carbocycles. The zero-order valence-electron chi connectivity index (χ0n) is 20.4. The number of azo groups is 1. The zero-order chi connectivity index (χ0) is 26.7. The van der Waals surface area contributed by atoms with E-state index in [-0.39, 0.29) is 10.9 Å². The lowest BCUT2D eigenvalue weighted by molar-refractivity contribution is -0.274. The van der Waals surface area contributed by atoms with Crippen molar-refractivity contribution in [1.82, 2.24) is 5.16 Å². The zero-order valence-corrected chi connectivity index (χ0v) is 21.2. The number of rotatable bonds is 5. The van der Waals surface area contributed by atoms with E-state index in [9.17, 15) is 13.2 Å². The largest absolute Gasteiger partial charge is 0.573 e. The number of hydrogen-bond acceptors (Lipinski definition) is 5. The molecule has 0 atom stereocenters. The number of aryl methyl sites for hydroxylation is 1. The number of hydrogen-bond donors (Lipinski definition) is 1. The first-order valence-electron chi connectivity index (χ1n) is 12.0. The van der Waals surface area contributed by atoms with Crippen molar-refractivity contribution in [2.45, 2.75) is 39.0 Å². The van der Waals surface area contributed by atoms with Gasteiger partial charge in [-0.25, -0.2) is 0 Å². The van der Waals surface area contributed by atoms with Crippen molar-refractivity contribution < 1.29 is 22.4 Å². The molecule has 0 radical (unpaired) electrons. The molecule has 1 heterocycles. The van der Waals surface area contributed by atoms with E-state index < -0.39 is 6.36 Å². The first-order valence-corrected chi connectivity index (χ1v) is 12.5. The molecule has 2 aliphatic carbocycles. The molecule has 2 aliphatic rings. The van der Waals surface area contributed by atoms with Crippen molar-refractivity contribution in [3.8, 4) is 17.1 Å². The maximum absolute atomic E-state index is 12.4. The van der Waals surface area contributed by atoms with E-state index in [4.69, 9.17) is 16.7 Å². The van der Waals surface area contributed by atoms with Crippen molar-refractivity contribution in [3.05, 3.63) is 94.8 Å². The number of ether oxygens (including phenoxy) is 1. The number of allylic oxidation sites excluding steroid dienone is 5. The first kappa shape index (κ1) is 25.6. The van der Waals surface area contributed by atoms with Gasteiger partial charge in [0.2, 0.25) is 5.11 Å². The number of halogens is 3. The number of thiocarbonyl (C=S) groups is 1. The summed E-state index contributed by atoms with van der Waals surface area (Å²) < 4.78 is 46.9. The smallest absolute Gasteiger partial charge is 0.406 e. The Morgan fingerprint density at radius 2 is 1.92 bits per heavy atom. The van der Waals surface area contributed by atoms with Gasteiger partial charge in [0.1, 0.15) is 11.4 Å². The minimum Gasteiger partial charge on any atom is -0.406 e. The third kappa shape index (κ3) is 5.75. The average Bonchev–Trinajstić information content (AvgIpc) is 3.33. The predicted molar refractivity (Wildman–Crippen MR) is 143 cm³/mol. The van der Waals surface area contributed by atoms with Crippen LogP contribution < -0.4 is 10.1 Å². The SMILES string of the molecule is CCc1ccccc1NC(=S)/N=N/C=C1\C=CC2=C(CCc3c2noc3-c2ccc(OC(F)(F)F)cc2)C1. The highest BCUT2D eigenvalue weighted by molar-refractivity contribution is 7.80. The van der Waals surface area contributed by atoms with Gasteiger partial charge >= 0.3 is 6.36 Å². The third-order valence-electron chi connectivity index (χ3n) is 6.34. The number of anilines is 1. The molecule has 0 spiro atoms. The van der Waals surface area contributed by atoms with Crippen LogP contribution in [0.4, 0.5) is 18.9 Å². The maximum Gasteiger partial charge on any atom is 0.573 e. The summed E-state index contributed by atoms with van der Waals surface area (Å²) >= 11 is 5.32. The fourth-order valence-corrected chi connectivity index (χ4v) is 4.73. The average molecular weight is 537 g/mol. The van der Waals surface area contributed by atoms with E-state index in [1.165, 1.54) is 29.8 Å². The number of aromatic nitrogens is 1.